The summed E-state index contributed by atoms with van der Waals surface area (Å²) in [4.78, 5) is 0. The van der Waals surface area contributed by atoms with E-state index in [-0.39, 0.29) is 6.10 Å². The molecule has 2 N–H and O–H groups in total. The Labute approximate surface area is 78.6 Å². The predicted molar refractivity (Wildman–Crippen MR) is 54.1 cm³/mol. The lowest BCUT2D eigenvalue weighted by Gasteiger charge is -2.24. The third kappa shape index (κ3) is 1.54. The van der Waals surface area contributed by atoms with Gasteiger partial charge in [-0.1, -0.05) is 17.7 Å². The van der Waals surface area contributed by atoms with E-state index in [1.54, 1.807) is 0 Å². The van der Waals surface area contributed by atoms with Gasteiger partial charge in [-0.3, -0.25) is 0 Å². The van der Waals surface area contributed by atoms with Gasteiger partial charge in [0.15, 0.2) is 0 Å². The van der Waals surface area contributed by atoms with Crippen molar-refractivity contribution in [2.45, 2.75) is 26.4 Å². The average molecular weight is 177 g/mol. The first-order chi connectivity index (χ1) is 6.16. The number of anilines is 1. The van der Waals surface area contributed by atoms with Crippen LogP contribution in [-0.4, -0.2) is 17.8 Å². The molecule has 0 bridgehead atoms. The largest absolute Gasteiger partial charge is 0.391 e. The van der Waals surface area contributed by atoms with Crippen LogP contribution in [0.2, 0.25) is 0 Å². The summed E-state index contributed by atoms with van der Waals surface area (Å²) in [7, 11) is 0. The van der Waals surface area contributed by atoms with Crippen LogP contribution in [0.1, 0.15) is 16.7 Å². The number of aryl methyl sites for hydroxylation is 2. The zero-order chi connectivity index (χ0) is 9.42. The molecule has 0 amide bonds. The molecule has 2 heteroatoms. The van der Waals surface area contributed by atoms with Crippen molar-refractivity contribution in [1.29, 1.82) is 0 Å². The molecule has 1 unspecified atom stereocenters. The van der Waals surface area contributed by atoms with Crippen molar-refractivity contribution in [3.05, 3.63) is 28.8 Å². The van der Waals surface area contributed by atoms with Crippen molar-refractivity contribution in [2.75, 3.05) is 11.9 Å². The number of aliphatic hydroxyl groups is 1. The molecule has 0 spiro atoms. The van der Waals surface area contributed by atoms with Crippen LogP contribution < -0.4 is 5.32 Å². The molecule has 0 fully saturated rings. The number of benzene rings is 1. The fourth-order valence-corrected chi connectivity index (χ4v) is 2.02. The van der Waals surface area contributed by atoms with Gasteiger partial charge in [0.1, 0.15) is 0 Å². The molecular weight excluding hydrogens is 162 g/mol. The minimum Gasteiger partial charge on any atom is -0.391 e. The van der Waals surface area contributed by atoms with Gasteiger partial charge in [0.05, 0.1) is 6.10 Å². The fourth-order valence-electron chi connectivity index (χ4n) is 2.02. The third-order valence-corrected chi connectivity index (χ3v) is 2.53. The Balaban J connectivity index is 2.47. The van der Waals surface area contributed by atoms with E-state index in [9.17, 15) is 5.11 Å². The van der Waals surface area contributed by atoms with Gasteiger partial charge in [0.25, 0.3) is 0 Å². The van der Waals surface area contributed by atoms with Gasteiger partial charge in [-0.25, -0.2) is 0 Å². The Morgan fingerprint density at radius 3 is 2.92 bits per heavy atom. The summed E-state index contributed by atoms with van der Waals surface area (Å²) in [6.07, 6.45) is 0.555. The first-order valence-electron chi connectivity index (χ1n) is 4.69. The van der Waals surface area contributed by atoms with Gasteiger partial charge < -0.3 is 10.4 Å². The zero-order valence-electron chi connectivity index (χ0n) is 8.09. The maximum absolute atomic E-state index is 9.48. The van der Waals surface area contributed by atoms with E-state index in [2.05, 4.69) is 31.3 Å². The van der Waals surface area contributed by atoms with E-state index in [1.807, 2.05) is 0 Å². The van der Waals surface area contributed by atoms with E-state index in [1.165, 1.54) is 22.4 Å². The number of β-amino-alcohol motifs (C(OH)–C–C–N with tert-alkyl or cyclic N) is 1. The van der Waals surface area contributed by atoms with Crippen molar-refractivity contribution in [2.24, 2.45) is 0 Å². The highest BCUT2D eigenvalue weighted by molar-refractivity contribution is 5.60. The molecule has 0 saturated heterocycles. The minimum atomic E-state index is -0.228. The van der Waals surface area contributed by atoms with Crippen LogP contribution >= 0.6 is 0 Å². The third-order valence-electron chi connectivity index (χ3n) is 2.53. The lowest BCUT2D eigenvalue weighted by molar-refractivity contribution is 0.184. The van der Waals surface area contributed by atoms with E-state index >= 15 is 0 Å². The molecule has 0 aromatic heterocycles. The number of rotatable bonds is 0. The van der Waals surface area contributed by atoms with Crippen LogP contribution in [0.5, 0.6) is 0 Å². The summed E-state index contributed by atoms with van der Waals surface area (Å²) in [6, 6.07) is 4.32. The van der Waals surface area contributed by atoms with Gasteiger partial charge in [0, 0.05) is 18.7 Å². The summed E-state index contributed by atoms with van der Waals surface area (Å²) < 4.78 is 0. The van der Waals surface area contributed by atoms with Crippen molar-refractivity contribution < 1.29 is 5.11 Å². The monoisotopic (exact) mass is 177 g/mol. The molecule has 2 nitrogen and oxygen atoms in total. The number of hydrogen-bond acceptors (Lipinski definition) is 2. The van der Waals surface area contributed by atoms with Crippen molar-refractivity contribution >= 4 is 5.69 Å². The van der Waals surface area contributed by atoms with Gasteiger partial charge in [0.2, 0.25) is 0 Å². The highest BCUT2D eigenvalue weighted by atomic mass is 16.3. The van der Waals surface area contributed by atoms with Gasteiger partial charge >= 0.3 is 0 Å². The number of nitrogens with one attached hydrogen (secondary N) is 1. The van der Waals surface area contributed by atoms with Crippen LogP contribution in [-0.2, 0) is 6.42 Å². The highest BCUT2D eigenvalue weighted by Gasteiger charge is 2.17. The fraction of sp³-hybridized carbons (Fsp3) is 0.455. The van der Waals surface area contributed by atoms with E-state index in [0.29, 0.717) is 6.54 Å². The molecule has 1 aliphatic heterocycles. The number of fused-ring (bicyclic) bond motifs is 1. The Morgan fingerprint density at radius 1 is 1.38 bits per heavy atom. The maximum atomic E-state index is 9.48. The van der Waals surface area contributed by atoms with Crippen molar-refractivity contribution in [3.63, 3.8) is 0 Å². The second kappa shape index (κ2) is 3.04. The molecular formula is C11H15NO. The molecule has 1 aliphatic rings. The molecule has 0 radical (unpaired) electrons. The van der Waals surface area contributed by atoms with Gasteiger partial charge in [-0.15, -0.1) is 0 Å². The zero-order valence-corrected chi connectivity index (χ0v) is 8.09. The molecule has 1 aromatic carbocycles. The quantitative estimate of drug-likeness (QED) is 0.631. The normalized spacial score (nSPS) is 20.7. The summed E-state index contributed by atoms with van der Waals surface area (Å²) in [5.74, 6) is 0. The summed E-state index contributed by atoms with van der Waals surface area (Å²) in [5.41, 5.74) is 5.02. The topological polar surface area (TPSA) is 32.3 Å². The second-order valence-electron chi connectivity index (χ2n) is 3.85. The maximum Gasteiger partial charge on any atom is 0.0753 e. The van der Waals surface area contributed by atoms with Crippen LogP contribution in [0, 0.1) is 13.8 Å². The summed E-state index contributed by atoms with van der Waals surface area (Å²) in [6.45, 7) is 4.88. The summed E-state index contributed by atoms with van der Waals surface area (Å²) >= 11 is 0. The minimum absolute atomic E-state index is 0.228. The Morgan fingerprint density at radius 2 is 2.15 bits per heavy atom. The molecule has 1 aromatic rings. The molecule has 70 valence electrons. The molecule has 0 aliphatic carbocycles. The Kier molecular flexibility index (Phi) is 2.00. The molecule has 0 saturated carbocycles. The molecule has 2 rings (SSSR count). The highest BCUT2D eigenvalue weighted by Crippen LogP contribution is 2.26. The number of hydrogen-bond donors (Lipinski definition) is 2. The van der Waals surface area contributed by atoms with E-state index in [4.69, 9.17) is 0 Å². The van der Waals surface area contributed by atoms with Crippen molar-refractivity contribution in [3.8, 4) is 0 Å². The van der Waals surface area contributed by atoms with E-state index in [0.717, 1.165) is 6.42 Å². The molecule has 1 heterocycles. The SMILES string of the molecule is Cc1cc(C)c2c(c1)CC(O)CN2. The summed E-state index contributed by atoms with van der Waals surface area (Å²) in [5, 5.41) is 12.7. The molecule has 13 heavy (non-hydrogen) atoms. The lowest BCUT2D eigenvalue weighted by atomic mass is 9.96. The van der Waals surface area contributed by atoms with E-state index < -0.39 is 0 Å². The first kappa shape index (κ1) is 8.57. The second-order valence-corrected chi connectivity index (χ2v) is 3.85. The lowest BCUT2D eigenvalue weighted by Crippen LogP contribution is -2.28. The first-order valence-corrected chi connectivity index (χ1v) is 4.69. The van der Waals surface area contributed by atoms with Crippen LogP contribution in [0.4, 0.5) is 5.69 Å². The van der Waals surface area contributed by atoms with Crippen LogP contribution in [0.25, 0.3) is 0 Å². The Bertz CT molecular complexity index is 333. The van der Waals surface area contributed by atoms with Crippen LogP contribution in [0.3, 0.4) is 0 Å². The average Bonchev–Trinajstić information content (AvgIpc) is 2.02. The standard InChI is InChI=1S/C11H15NO/c1-7-3-8(2)11-9(4-7)5-10(13)6-12-11/h3-4,10,12-13H,5-6H2,1-2H3. The smallest absolute Gasteiger partial charge is 0.0753 e. The van der Waals surface area contributed by atoms with Gasteiger partial charge in [-0.2, -0.15) is 0 Å². The van der Waals surface area contributed by atoms with Gasteiger partial charge in [-0.05, 0) is 25.0 Å². The van der Waals surface area contributed by atoms with Crippen molar-refractivity contribution in [1.82, 2.24) is 0 Å². The molecule has 1 atom stereocenters. The predicted octanol–water partition coefficient (Wildman–Crippen LogP) is 1.63. The Hall–Kier alpha value is -1.02. The number of aliphatic hydroxyl groups excluding tert-OH is 1. The van der Waals surface area contributed by atoms with Crippen LogP contribution in [0.15, 0.2) is 12.1 Å².